The first-order valence-electron chi connectivity index (χ1n) is 6.83. The fourth-order valence-electron chi connectivity index (χ4n) is 2.75. The summed E-state index contributed by atoms with van der Waals surface area (Å²) in [7, 11) is 0. The lowest BCUT2D eigenvalue weighted by Gasteiger charge is -2.36. The van der Waals surface area contributed by atoms with E-state index < -0.39 is 0 Å². The molecule has 17 heavy (non-hydrogen) atoms. The van der Waals surface area contributed by atoms with Crippen LogP contribution in [0.15, 0.2) is 24.3 Å². The lowest BCUT2D eigenvalue weighted by molar-refractivity contribution is 0.464. The molecule has 1 atom stereocenters. The van der Waals surface area contributed by atoms with E-state index >= 15 is 0 Å². The van der Waals surface area contributed by atoms with E-state index in [2.05, 4.69) is 43.0 Å². The number of fused-ring (bicyclic) bond motifs is 1. The molecule has 0 aromatic heterocycles. The Bertz CT molecular complexity index is 358. The third-order valence-electron chi connectivity index (χ3n) is 3.90. The molecular weight excluding hydrogens is 208 g/mol. The maximum atomic E-state index is 6.16. The van der Waals surface area contributed by atoms with E-state index in [1.54, 1.807) is 0 Å². The average molecular weight is 232 g/mol. The highest BCUT2D eigenvalue weighted by atomic mass is 15.2. The summed E-state index contributed by atoms with van der Waals surface area (Å²) >= 11 is 0. The van der Waals surface area contributed by atoms with Crippen molar-refractivity contribution in [2.24, 2.45) is 11.7 Å². The van der Waals surface area contributed by atoms with Crippen molar-refractivity contribution in [2.75, 3.05) is 18.0 Å². The molecular formula is C15H24N2. The number of para-hydroxylation sites is 1. The Morgan fingerprint density at radius 2 is 2.00 bits per heavy atom. The largest absolute Gasteiger partial charge is 0.369 e. The molecule has 0 radical (unpaired) electrons. The van der Waals surface area contributed by atoms with Crippen molar-refractivity contribution in [3.05, 3.63) is 29.8 Å². The summed E-state index contributed by atoms with van der Waals surface area (Å²) in [5.74, 6) is 0.786. The van der Waals surface area contributed by atoms with E-state index in [1.807, 2.05) is 0 Å². The molecule has 0 spiro atoms. The predicted molar refractivity (Wildman–Crippen MR) is 74.4 cm³/mol. The number of hydrogen-bond acceptors (Lipinski definition) is 2. The molecule has 94 valence electrons. The summed E-state index contributed by atoms with van der Waals surface area (Å²) in [6.45, 7) is 6.72. The lowest BCUT2D eigenvalue weighted by Crippen LogP contribution is -2.45. The zero-order valence-corrected chi connectivity index (χ0v) is 11.0. The van der Waals surface area contributed by atoms with Crippen LogP contribution in [-0.4, -0.2) is 19.1 Å². The fourth-order valence-corrected chi connectivity index (χ4v) is 2.75. The quantitative estimate of drug-likeness (QED) is 0.865. The van der Waals surface area contributed by atoms with Gasteiger partial charge in [-0.1, -0.05) is 44.9 Å². The molecule has 2 nitrogen and oxygen atoms in total. The van der Waals surface area contributed by atoms with Gasteiger partial charge in [-0.05, 0) is 24.0 Å². The van der Waals surface area contributed by atoms with Crippen molar-refractivity contribution in [2.45, 2.75) is 39.2 Å². The van der Waals surface area contributed by atoms with Gasteiger partial charge in [0.25, 0.3) is 0 Å². The standard InChI is InChI=1S/C15H24N2/c1-3-12(4-2)10-17-11-14(16)9-13-7-5-6-8-15(13)17/h5-8,12,14H,3-4,9-11,16H2,1-2H3. The van der Waals surface area contributed by atoms with Gasteiger partial charge in [-0.25, -0.2) is 0 Å². The first kappa shape index (κ1) is 12.4. The Balaban J connectivity index is 2.17. The van der Waals surface area contributed by atoms with Crippen molar-refractivity contribution in [1.29, 1.82) is 0 Å². The van der Waals surface area contributed by atoms with Crippen LogP contribution >= 0.6 is 0 Å². The highest BCUT2D eigenvalue weighted by molar-refractivity contribution is 5.56. The molecule has 0 saturated heterocycles. The first-order chi connectivity index (χ1) is 8.24. The Morgan fingerprint density at radius 1 is 1.29 bits per heavy atom. The van der Waals surface area contributed by atoms with Gasteiger partial charge >= 0.3 is 0 Å². The van der Waals surface area contributed by atoms with Gasteiger partial charge in [-0.2, -0.15) is 0 Å². The van der Waals surface area contributed by atoms with Crippen LogP contribution in [0.4, 0.5) is 5.69 Å². The Morgan fingerprint density at radius 3 is 2.71 bits per heavy atom. The first-order valence-corrected chi connectivity index (χ1v) is 6.83. The number of nitrogens with zero attached hydrogens (tertiary/aromatic N) is 1. The van der Waals surface area contributed by atoms with Gasteiger partial charge < -0.3 is 10.6 Å². The normalized spacial score (nSPS) is 19.5. The van der Waals surface area contributed by atoms with Gasteiger partial charge in [0.1, 0.15) is 0 Å². The average Bonchev–Trinajstić information content (AvgIpc) is 2.35. The molecule has 1 aromatic rings. The third kappa shape index (κ3) is 2.81. The van der Waals surface area contributed by atoms with E-state index in [0.717, 1.165) is 25.4 Å². The van der Waals surface area contributed by atoms with Crippen molar-refractivity contribution >= 4 is 5.69 Å². The van der Waals surface area contributed by atoms with Crippen LogP contribution in [-0.2, 0) is 6.42 Å². The predicted octanol–water partition coefficient (Wildman–Crippen LogP) is 2.81. The van der Waals surface area contributed by atoms with Crippen LogP contribution in [0.5, 0.6) is 0 Å². The monoisotopic (exact) mass is 232 g/mol. The van der Waals surface area contributed by atoms with Gasteiger partial charge in [0.05, 0.1) is 0 Å². The van der Waals surface area contributed by atoms with Crippen LogP contribution in [0.25, 0.3) is 0 Å². The zero-order chi connectivity index (χ0) is 12.3. The van der Waals surface area contributed by atoms with E-state index in [0.29, 0.717) is 6.04 Å². The minimum Gasteiger partial charge on any atom is -0.369 e. The molecule has 2 heteroatoms. The highest BCUT2D eigenvalue weighted by Crippen LogP contribution is 2.27. The van der Waals surface area contributed by atoms with E-state index in [-0.39, 0.29) is 0 Å². The summed E-state index contributed by atoms with van der Waals surface area (Å²) in [4.78, 5) is 2.49. The summed E-state index contributed by atoms with van der Waals surface area (Å²) in [6.07, 6.45) is 3.53. The molecule has 2 N–H and O–H groups in total. The molecule has 1 heterocycles. The van der Waals surface area contributed by atoms with Crippen LogP contribution < -0.4 is 10.6 Å². The summed E-state index contributed by atoms with van der Waals surface area (Å²) in [6, 6.07) is 9.00. The van der Waals surface area contributed by atoms with Crippen molar-refractivity contribution in [1.82, 2.24) is 0 Å². The molecule has 1 aliphatic rings. The number of hydrogen-bond donors (Lipinski definition) is 1. The minimum absolute atomic E-state index is 0.291. The van der Waals surface area contributed by atoms with Gasteiger partial charge in [-0.3, -0.25) is 0 Å². The number of anilines is 1. The molecule has 0 amide bonds. The molecule has 2 rings (SSSR count). The summed E-state index contributed by atoms with van der Waals surface area (Å²) in [5.41, 5.74) is 8.97. The Labute approximate surface area is 105 Å². The van der Waals surface area contributed by atoms with Crippen LogP contribution in [0.2, 0.25) is 0 Å². The number of benzene rings is 1. The van der Waals surface area contributed by atoms with E-state index in [9.17, 15) is 0 Å². The van der Waals surface area contributed by atoms with Gasteiger partial charge in [0.15, 0.2) is 0 Å². The second-order valence-electron chi connectivity index (χ2n) is 5.18. The van der Waals surface area contributed by atoms with E-state index in [4.69, 9.17) is 5.73 Å². The maximum absolute atomic E-state index is 6.16. The molecule has 0 saturated carbocycles. The topological polar surface area (TPSA) is 29.3 Å². The van der Waals surface area contributed by atoms with Crippen molar-refractivity contribution in [3.8, 4) is 0 Å². The fraction of sp³-hybridized carbons (Fsp3) is 0.600. The van der Waals surface area contributed by atoms with Crippen molar-refractivity contribution < 1.29 is 0 Å². The summed E-state index contributed by atoms with van der Waals surface area (Å²) < 4.78 is 0. The molecule has 1 aliphatic heterocycles. The summed E-state index contributed by atoms with van der Waals surface area (Å²) in [5, 5.41) is 0. The van der Waals surface area contributed by atoms with Gasteiger partial charge in [0, 0.05) is 24.8 Å². The zero-order valence-electron chi connectivity index (χ0n) is 11.0. The lowest BCUT2D eigenvalue weighted by atomic mass is 9.95. The molecule has 1 unspecified atom stereocenters. The molecule has 0 bridgehead atoms. The smallest absolute Gasteiger partial charge is 0.0399 e. The van der Waals surface area contributed by atoms with Crippen LogP contribution in [0.3, 0.4) is 0 Å². The van der Waals surface area contributed by atoms with Crippen LogP contribution in [0.1, 0.15) is 32.3 Å². The van der Waals surface area contributed by atoms with Gasteiger partial charge in [-0.15, -0.1) is 0 Å². The Hall–Kier alpha value is -1.02. The van der Waals surface area contributed by atoms with Crippen molar-refractivity contribution in [3.63, 3.8) is 0 Å². The SMILES string of the molecule is CCC(CC)CN1CC(N)Cc2ccccc21. The Kier molecular flexibility index (Phi) is 4.06. The second kappa shape index (κ2) is 5.54. The molecule has 0 fully saturated rings. The van der Waals surface area contributed by atoms with Gasteiger partial charge in [0.2, 0.25) is 0 Å². The second-order valence-corrected chi connectivity index (χ2v) is 5.18. The number of rotatable bonds is 4. The third-order valence-corrected chi connectivity index (χ3v) is 3.90. The molecule has 1 aromatic carbocycles. The number of nitrogens with two attached hydrogens (primary N) is 1. The highest BCUT2D eigenvalue weighted by Gasteiger charge is 2.22. The molecule has 0 aliphatic carbocycles. The minimum atomic E-state index is 0.291. The maximum Gasteiger partial charge on any atom is 0.0399 e. The van der Waals surface area contributed by atoms with Crippen LogP contribution in [0, 0.1) is 5.92 Å². The van der Waals surface area contributed by atoms with E-state index in [1.165, 1.54) is 24.1 Å².